The first-order valence-corrected chi connectivity index (χ1v) is 4.89. The predicted molar refractivity (Wildman–Crippen MR) is 51.4 cm³/mol. The molecule has 0 saturated heterocycles. The quantitative estimate of drug-likeness (QED) is 0.662. The number of hydrogen-bond donors (Lipinski definition) is 0. The van der Waals surface area contributed by atoms with Crippen LogP contribution < -0.4 is 0 Å². The summed E-state index contributed by atoms with van der Waals surface area (Å²) in [4.78, 5) is 4.07. The maximum Gasteiger partial charge on any atom is 0.0951 e. The minimum absolute atomic E-state index is 0.520. The fourth-order valence-electron chi connectivity index (χ4n) is 1.39. The average Bonchev–Trinajstić information content (AvgIpc) is 2.51. The van der Waals surface area contributed by atoms with Crippen molar-refractivity contribution < 1.29 is 0 Å². The van der Waals surface area contributed by atoms with E-state index in [1.165, 1.54) is 12.8 Å². The van der Waals surface area contributed by atoms with E-state index in [-0.39, 0.29) is 0 Å². The molecule has 0 bridgehead atoms. The summed E-state index contributed by atoms with van der Waals surface area (Å²) in [6.45, 7) is 4.38. The molecule has 0 N–H and O–H groups in total. The van der Waals surface area contributed by atoms with Gasteiger partial charge in [0.05, 0.1) is 17.9 Å². The van der Waals surface area contributed by atoms with E-state index < -0.39 is 0 Å². The Morgan fingerprint density at radius 2 is 2.42 bits per heavy atom. The Morgan fingerprint density at radius 3 is 3.00 bits per heavy atom. The zero-order valence-electron chi connectivity index (χ0n) is 7.63. The maximum absolute atomic E-state index is 5.76. The molecule has 1 atom stereocenters. The minimum atomic E-state index is 0.520. The van der Waals surface area contributed by atoms with Crippen molar-refractivity contribution >= 4 is 11.6 Å². The highest BCUT2D eigenvalue weighted by atomic mass is 35.5. The SMILES string of the molecule is CCCC(C)n1cncc1CCl. The molecule has 3 heteroatoms. The highest BCUT2D eigenvalue weighted by molar-refractivity contribution is 6.16. The molecule has 1 heterocycles. The fourth-order valence-corrected chi connectivity index (χ4v) is 1.60. The Hall–Kier alpha value is -0.500. The summed E-state index contributed by atoms with van der Waals surface area (Å²) in [5.41, 5.74) is 1.11. The van der Waals surface area contributed by atoms with Crippen LogP contribution in [0.2, 0.25) is 0 Å². The van der Waals surface area contributed by atoms with Gasteiger partial charge >= 0.3 is 0 Å². The van der Waals surface area contributed by atoms with Crippen molar-refractivity contribution in [3.05, 3.63) is 18.2 Å². The second-order valence-electron chi connectivity index (χ2n) is 3.06. The van der Waals surface area contributed by atoms with E-state index in [9.17, 15) is 0 Å². The monoisotopic (exact) mass is 186 g/mol. The van der Waals surface area contributed by atoms with E-state index in [0.29, 0.717) is 11.9 Å². The van der Waals surface area contributed by atoms with Crippen molar-refractivity contribution in [3.63, 3.8) is 0 Å². The van der Waals surface area contributed by atoms with Gasteiger partial charge in [-0.15, -0.1) is 11.6 Å². The summed E-state index contributed by atoms with van der Waals surface area (Å²) in [6, 6.07) is 0.520. The zero-order chi connectivity index (χ0) is 8.97. The fraction of sp³-hybridized carbons (Fsp3) is 0.667. The van der Waals surface area contributed by atoms with Gasteiger partial charge in [-0.3, -0.25) is 0 Å². The van der Waals surface area contributed by atoms with E-state index in [0.717, 1.165) is 5.69 Å². The summed E-state index contributed by atoms with van der Waals surface area (Å²) in [6.07, 6.45) is 6.07. The number of imidazole rings is 1. The van der Waals surface area contributed by atoms with Crippen LogP contribution >= 0.6 is 11.6 Å². The number of alkyl halides is 1. The Kier molecular flexibility index (Phi) is 3.60. The van der Waals surface area contributed by atoms with Gasteiger partial charge in [0.2, 0.25) is 0 Å². The minimum Gasteiger partial charge on any atom is -0.331 e. The molecule has 1 aromatic rings. The molecule has 1 aromatic heterocycles. The lowest BCUT2D eigenvalue weighted by molar-refractivity contribution is 0.490. The molecule has 0 aromatic carbocycles. The summed E-state index contributed by atoms with van der Waals surface area (Å²) in [7, 11) is 0. The highest BCUT2D eigenvalue weighted by Crippen LogP contribution is 2.16. The van der Waals surface area contributed by atoms with Gasteiger partial charge < -0.3 is 4.57 Å². The number of hydrogen-bond acceptors (Lipinski definition) is 1. The van der Waals surface area contributed by atoms with Gasteiger partial charge in [-0.2, -0.15) is 0 Å². The maximum atomic E-state index is 5.76. The summed E-state index contributed by atoms with van der Waals surface area (Å²) in [5.74, 6) is 0.550. The summed E-state index contributed by atoms with van der Waals surface area (Å²) < 4.78 is 2.15. The normalized spacial score (nSPS) is 13.2. The Bertz CT molecular complexity index is 232. The van der Waals surface area contributed by atoms with Gasteiger partial charge in [0.25, 0.3) is 0 Å². The molecule has 1 unspecified atom stereocenters. The molecule has 0 fully saturated rings. The molecule has 0 radical (unpaired) electrons. The molecule has 0 spiro atoms. The van der Waals surface area contributed by atoms with Crippen LogP contribution in [0, 0.1) is 0 Å². The van der Waals surface area contributed by atoms with Crippen LogP contribution in [0.15, 0.2) is 12.5 Å². The molecule has 0 aliphatic heterocycles. The second-order valence-corrected chi connectivity index (χ2v) is 3.33. The third-order valence-corrected chi connectivity index (χ3v) is 2.34. The molecule has 0 aliphatic rings. The van der Waals surface area contributed by atoms with Crippen molar-refractivity contribution in [1.29, 1.82) is 0 Å². The first kappa shape index (κ1) is 9.59. The lowest BCUT2D eigenvalue weighted by Crippen LogP contribution is -2.06. The van der Waals surface area contributed by atoms with Crippen molar-refractivity contribution in [2.24, 2.45) is 0 Å². The molecule has 0 saturated carbocycles. The number of nitrogens with zero attached hydrogens (tertiary/aromatic N) is 2. The van der Waals surface area contributed by atoms with Gasteiger partial charge in [-0.25, -0.2) is 4.98 Å². The van der Waals surface area contributed by atoms with Crippen molar-refractivity contribution in [1.82, 2.24) is 9.55 Å². The van der Waals surface area contributed by atoms with Crippen LogP contribution in [-0.2, 0) is 5.88 Å². The van der Waals surface area contributed by atoms with E-state index in [1.807, 2.05) is 12.5 Å². The molecule has 0 aliphatic carbocycles. The second kappa shape index (κ2) is 4.51. The standard InChI is InChI=1S/C9H15ClN2/c1-3-4-8(2)12-7-11-6-9(12)5-10/h6-8H,3-5H2,1-2H3. The average molecular weight is 187 g/mol. The van der Waals surface area contributed by atoms with Gasteiger partial charge in [0.1, 0.15) is 0 Å². The Balaban J connectivity index is 2.71. The third kappa shape index (κ3) is 2.01. The zero-order valence-corrected chi connectivity index (χ0v) is 8.38. The van der Waals surface area contributed by atoms with Crippen molar-refractivity contribution in [3.8, 4) is 0 Å². The molecule has 68 valence electrons. The van der Waals surface area contributed by atoms with Gasteiger partial charge in [0.15, 0.2) is 0 Å². The van der Waals surface area contributed by atoms with Gasteiger partial charge in [-0.1, -0.05) is 13.3 Å². The molecule has 0 amide bonds. The van der Waals surface area contributed by atoms with E-state index in [2.05, 4.69) is 23.4 Å². The Morgan fingerprint density at radius 1 is 1.67 bits per heavy atom. The van der Waals surface area contributed by atoms with Crippen LogP contribution in [0.5, 0.6) is 0 Å². The van der Waals surface area contributed by atoms with Crippen LogP contribution in [0.4, 0.5) is 0 Å². The lowest BCUT2D eigenvalue weighted by atomic mass is 10.2. The highest BCUT2D eigenvalue weighted by Gasteiger charge is 2.06. The van der Waals surface area contributed by atoms with Gasteiger partial charge in [-0.05, 0) is 13.3 Å². The van der Waals surface area contributed by atoms with Gasteiger partial charge in [0, 0.05) is 12.2 Å². The smallest absolute Gasteiger partial charge is 0.0951 e. The predicted octanol–water partition coefficient (Wildman–Crippen LogP) is 2.98. The molecule has 1 rings (SSSR count). The van der Waals surface area contributed by atoms with E-state index in [1.54, 1.807) is 0 Å². The topological polar surface area (TPSA) is 17.8 Å². The molecular formula is C9H15ClN2. The first-order valence-electron chi connectivity index (χ1n) is 4.36. The number of halogens is 1. The molecule has 2 nitrogen and oxygen atoms in total. The number of aromatic nitrogens is 2. The van der Waals surface area contributed by atoms with Crippen LogP contribution in [0.25, 0.3) is 0 Å². The van der Waals surface area contributed by atoms with Crippen molar-refractivity contribution in [2.75, 3.05) is 0 Å². The van der Waals surface area contributed by atoms with Crippen LogP contribution in [0.1, 0.15) is 38.4 Å². The largest absolute Gasteiger partial charge is 0.331 e. The molecular weight excluding hydrogens is 172 g/mol. The van der Waals surface area contributed by atoms with Crippen LogP contribution in [0.3, 0.4) is 0 Å². The first-order chi connectivity index (χ1) is 5.79. The lowest BCUT2D eigenvalue weighted by Gasteiger charge is -2.14. The summed E-state index contributed by atoms with van der Waals surface area (Å²) >= 11 is 5.76. The third-order valence-electron chi connectivity index (χ3n) is 2.06. The summed E-state index contributed by atoms with van der Waals surface area (Å²) in [5, 5.41) is 0. The number of rotatable bonds is 4. The van der Waals surface area contributed by atoms with E-state index >= 15 is 0 Å². The Labute approximate surface area is 78.6 Å². The van der Waals surface area contributed by atoms with Crippen molar-refractivity contribution in [2.45, 2.75) is 38.6 Å². The molecule has 12 heavy (non-hydrogen) atoms. The van der Waals surface area contributed by atoms with Crippen LogP contribution in [-0.4, -0.2) is 9.55 Å². The van der Waals surface area contributed by atoms with E-state index in [4.69, 9.17) is 11.6 Å².